The Labute approximate surface area is 781 Å². The fourth-order valence-electron chi connectivity index (χ4n) is 19.2. The van der Waals surface area contributed by atoms with Crippen LogP contribution in [-0.2, 0) is 30.8 Å². The zero-order valence-electron chi connectivity index (χ0n) is 84.7. The van der Waals surface area contributed by atoms with E-state index in [1.807, 2.05) is 0 Å². The van der Waals surface area contributed by atoms with E-state index in [1.165, 1.54) is 547 Å². The number of hydrogen-bond donors (Lipinski definition) is 0. The summed E-state index contributed by atoms with van der Waals surface area (Å²) in [5.41, 5.74) is 23.0. The summed E-state index contributed by atoms with van der Waals surface area (Å²) in [6.07, 6.45) is 134. The van der Waals surface area contributed by atoms with Gasteiger partial charge in [0.2, 0.25) is 11.4 Å². The molecular weight excluding hydrogens is 1580 g/mol. The van der Waals surface area contributed by atoms with Gasteiger partial charge in [0.1, 0.15) is 0 Å². The third-order valence-electron chi connectivity index (χ3n) is 27.6. The third kappa shape index (κ3) is 69.9. The van der Waals surface area contributed by atoms with Gasteiger partial charge < -0.3 is 5.53 Å². The van der Waals surface area contributed by atoms with Crippen molar-refractivity contribution in [1.29, 1.82) is 0 Å². The van der Waals surface area contributed by atoms with Crippen molar-refractivity contribution in [3.63, 3.8) is 0 Å². The quantitative estimate of drug-likeness (QED) is 0.0273. The molecule has 3 rings (SSSR count). The molecule has 0 radical (unpaired) electrons. The van der Waals surface area contributed by atoms with Gasteiger partial charge in [-0.25, -0.2) is 4.70 Å². The summed E-state index contributed by atoms with van der Waals surface area (Å²) >= 11 is 1.06. The van der Waals surface area contributed by atoms with Crippen molar-refractivity contribution in [2.75, 3.05) is 0 Å². The molecule has 2 aromatic rings. The van der Waals surface area contributed by atoms with Crippen molar-refractivity contribution in [1.82, 2.24) is 0 Å². The molecule has 0 aromatic heterocycles. The van der Waals surface area contributed by atoms with E-state index in [0.717, 1.165) is 67.9 Å². The first-order valence-electron chi connectivity index (χ1n) is 56.5. The molecule has 716 valence electrons. The first kappa shape index (κ1) is 116. The van der Waals surface area contributed by atoms with Crippen LogP contribution in [0, 0.1) is 11.8 Å². The van der Waals surface area contributed by atoms with Crippen LogP contribution in [0.4, 0.5) is 0 Å². The Morgan fingerprint density at radius 2 is 0.488 bits per heavy atom. The van der Waals surface area contributed by atoms with Crippen molar-refractivity contribution in [3.05, 3.63) is 124 Å². The molecule has 123 heavy (non-hydrogen) atoms. The number of allylic oxidation sites excluding steroid dienone is 8. The van der Waals surface area contributed by atoms with Gasteiger partial charge in [-0.2, -0.15) is 0 Å². The van der Waals surface area contributed by atoms with Gasteiger partial charge in [0.05, 0.1) is 5.57 Å². The summed E-state index contributed by atoms with van der Waals surface area (Å²) < 4.78 is 1.69. The topological polar surface area (TPSA) is 25.3 Å². The van der Waals surface area contributed by atoms with Gasteiger partial charge in [0.15, 0.2) is 0 Å². The molecule has 2 atom stereocenters. The fourth-order valence-corrected chi connectivity index (χ4v) is 21.1. The first-order chi connectivity index (χ1) is 60.9. The molecule has 0 saturated heterocycles. The van der Waals surface area contributed by atoms with E-state index >= 15 is 0 Å². The van der Waals surface area contributed by atoms with Crippen molar-refractivity contribution in [3.8, 4) is 0 Å². The summed E-state index contributed by atoms with van der Waals surface area (Å²) in [6, 6.07) is 18.4. The number of unbranched alkanes of at least 4 members (excludes halogenated alkanes) is 69. The minimum absolute atomic E-state index is 0.676. The minimum atomic E-state index is 0.676. The van der Waals surface area contributed by atoms with Crippen LogP contribution in [0.3, 0.4) is 0 Å². The van der Waals surface area contributed by atoms with Gasteiger partial charge in [0.25, 0.3) is 0 Å². The molecule has 2 nitrogen and oxygen atoms in total. The molecule has 0 saturated carbocycles. The summed E-state index contributed by atoms with van der Waals surface area (Å²) in [4.78, 5) is 3.09. The SMILES string of the molecule is CCCCCCCCCCCC=CCC(CCCC)CCc1ccccc1C1=C(C=CCCCCCCCCCCCCCCCCCCCCCCCCCC)C(CCCC)=C(c2ccccc2CCC(CC=CCCCCCCCCCCC)CCCC)[N+]1=[N-].CCCCCCCCCCCCCC[CH2][Pd][CH2]CCCCCCCCCCCCCC. The predicted octanol–water partition coefficient (Wildman–Crippen LogP) is 43.7. The van der Waals surface area contributed by atoms with Crippen LogP contribution in [0.5, 0.6) is 0 Å². The van der Waals surface area contributed by atoms with Gasteiger partial charge >= 0.3 is 169 Å². The Kier molecular flexibility index (Phi) is 89.1. The average Bonchev–Trinajstić information content (AvgIpc) is 1.60. The molecule has 0 fully saturated rings. The molecule has 3 heteroatoms. The third-order valence-corrected chi connectivity index (χ3v) is 29.8. The fraction of sp³-hybridized carbons (Fsp3) is 0.817. The minimum Gasteiger partial charge on any atom is -0.0654 e. The van der Waals surface area contributed by atoms with Crippen LogP contribution in [0.25, 0.3) is 16.9 Å². The van der Waals surface area contributed by atoms with Gasteiger partial charge in [-0.1, -0.05) is 449 Å². The van der Waals surface area contributed by atoms with E-state index in [4.69, 9.17) is 0 Å². The standard InChI is InChI=1S/C90H154N2.2C15H31.Pd/c1-7-13-19-22-25-28-31-34-35-36-37-38-39-40-41-42-43-44-45-46-47-50-53-56-59-62-76-88-87(73-18-12-6)89(85-74-65-63-71-83(85)79-77-81(67-16-10-4)69-60-57-54-51-48-32-29-26-23-20-14-8-2)92(91)90(88)86-75-66-64-72-84(86)80-78-82(68-17-11-5)70-61-58-55-52-49-33-30-27-24-21-15-9-3;2*1-3-5-7-9-11-13-15-14-12-10-8-6-4-2;/h57-58,60-66,71-72,74-76,81-82H,7-56,59,67-70,73,77-80H2,1-6H3;2*1,3-15H2,2H3;. The molecule has 1 heterocycles. The summed E-state index contributed by atoms with van der Waals surface area (Å²) in [7, 11) is 0. The zero-order valence-corrected chi connectivity index (χ0v) is 86.2. The van der Waals surface area contributed by atoms with Crippen molar-refractivity contribution in [2.45, 2.75) is 617 Å². The van der Waals surface area contributed by atoms with Gasteiger partial charge in [-0.15, -0.1) is 0 Å². The van der Waals surface area contributed by atoms with Crippen LogP contribution < -0.4 is 0 Å². The van der Waals surface area contributed by atoms with Crippen LogP contribution in [0.2, 0.25) is 9.79 Å². The van der Waals surface area contributed by atoms with Gasteiger partial charge in [0, 0.05) is 16.7 Å². The zero-order chi connectivity index (χ0) is 88.2. The number of benzene rings is 2. The molecular formula is C120H216N2Pd. The van der Waals surface area contributed by atoms with Crippen LogP contribution in [0.15, 0.2) is 96.1 Å². The van der Waals surface area contributed by atoms with Crippen LogP contribution >= 0.6 is 0 Å². The normalized spacial score (nSPS) is 13.2. The first-order valence-corrected chi connectivity index (χ1v) is 58.7. The Balaban J connectivity index is 0.00000139. The van der Waals surface area contributed by atoms with Gasteiger partial charge in [-0.05, 0) is 125 Å². The van der Waals surface area contributed by atoms with Crippen molar-refractivity contribution >= 4 is 11.4 Å². The molecule has 1 aliphatic heterocycles. The maximum absolute atomic E-state index is 13.2. The molecule has 1 aliphatic rings. The molecule has 0 amide bonds. The molecule has 0 bridgehead atoms. The Hall–Kier alpha value is -2.60. The Morgan fingerprint density at radius 3 is 0.772 bits per heavy atom. The Bertz CT molecular complexity index is 2650. The molecule has 0 aliphatic carbocycles. The molecule has 2 unspecified atom stereocenters. The van der Waals surface area contributed by atoms with E-state index < -0.39 is 0 Å². The van der Waals surface area contributed by atoms with E-state index in [-0.39, 0.29) is 0 Å². The average molecular weight is 1790 g/mol. The summed E-state index contributed by atoms with van der Waals surface area (Å²) in [5.74, 6) is 1.36. The van der Waals surface area contributed by atoms with Gasteiger partial charge in [-0.3, -0.25) is 0 Å². The van der Waals surface area contributed by atoms with E-state index in [0.29, 0.717) is 11.8 Å². The van der Waals surface area contributed by atoms with Crippen molar-refractivity contribution < 1.29 is 22.7 Å². The number of aryl methyl sites for hydroxylation is 2. The van der Waals surface area contributed by atoms with E-state index in [1.54, 1.807) is 14.5 Å². The maximum atomic E-state index is 13.2. The summed E-state index contributed by atoms with van der Waals surface area (Å²) in [6.45, 7) is 18.6. The van der Waals surface area contributed by atoms with Crippen LogP contribution in [0.1, 0.15) is 617 Å². The monoisotopic (exact) mass is 1790 g/mol. The second-order valence-electron chi connectivity index (χ2n) is 39.3. The van der Waals surface area contributed by atoms with Crippen LogP contribution in [-0.4, -0.2) is 4.70 Å². The van der Waals surface area contributed by atoms with Crippen molar-refractivity contribution in [2.24, 2.45) is 11.8 Å². The number of rotatable bonds is 95. The molecule has 0 spiro atoms. The molecule has 2 aromatic carbocycles. The number of nitrogens with zero attached hydrogens (tertiary/aromatic N) is 2. The van der Waals surface area contributed by atoms with E-state index in [9.17, 15) is 5.53 Å². The predicted molar refractivity (Wildman–Crippen MR) is 555 cm³/mol. The second-order valence-corrected chi connectivity index (χ2v) is 41.7. The Morgan fingerprint density at radius 1 is 0.244 bits per heavy atom. The summed E-state index contributed by atoms with van der Waals surface area (Å²) in [5, 5.41) is 0. The van der Waals surface area contributed by atoms with E-state index in [2.05, 4.69) is 140 Å². The second kappa shape index (κ2) is 94.1. The molecule has 0 N–H and O–H groups in total. The smallest absolute Gasteiger partial charge is 0.0654 e. The number of hydrogen-bond acceptors (Lipinski definition) is 0.